The molecule has 3 fully saturated rings. The molecule has 6 nitrogen and oxygen atoms in total. The number of benzene rings is 1. The van der Waals surface area contributed by atoms with Gasteiger partial charge in [0, 0.05) is 31.7 Å². The summed E-state index contributed by atoms with van der Waals surface area (Å²) >= 11 is 0. The Bertz CT molecular complexity index is 758. The summed E-state index contributed by atoms with van der Waals surface area (Å²) in [5, 5.41) is 13.5. The van der Waals surface area contributed by atoms with E-state index in [0.717, 1.165) is 31.2 Å². The molecule has 0 unspecified atom stereocenters. The molecule has 0 spiro atoms. The second-order valence-corrected chi connectivity index (χ2v) is 9.36. The van der Waals surface area contributed by atoms with Crippen LogP contribution in [0.4, 0.5) is 4.39 Å². The third-order valence-electron chi connectivity index (χ3n) is 7.13. The number of piperidine rings is 1. The Labute approximate surface area is 183 Å². The lowest BCUT2D eigenvalue weighted by molar-refractivity contribution is -0.133. The Kier molecular flexibility index (Phi) is 7.23. The number of hydrogen-bond donors (Lipinski definition) is 2. The number of β-amino-alcohol motifs (C(OH)–C–C–N with tert-alkyl or cyclic N) is 1. The van der Waals surface area contributed by atoms with Crippen LogP contribution in [0.5, 0.6) is 0 Å². The van der Waals surface area contributed by atoms with Gasteiger partial charge in [0.15, 0.2) is 0 Å². The van der Waals surface area contributed by atoms with Crippen molar-refractivity contribution in [3.8, 4) is 0 Å². The van der Waals surface area contributed by atoms with Crippen molar-refractivity contribution in [2.75, 3.05) is 19.6 Å². The van der Waals surface area contributed by atoms with Crippen molar-refractivity contribution in [1.29, 1.82) is 0 Å². The third kappa shape index (κ3) is 5.63. The van der Waals surface area contributed by atoms with Crippen LogP contribution in [0.1, 0.15) is 56.9 Å². The molecule has 3 aliphatic rings. The van der Waals surface area contributed by atoms with Crippen LogP contribution in [0.3, 0.4) is 0 Å². The minimum atomic E-state index is -0.472. The molecule has 0 bridgehead atoms. The normalized spacial score (nSPS) is 26.2. The highest BCUT2D eigenvalue weighted by Gasteiger charge is 2.41. The molecule has 4 rings (SSSR count). The van der Waals surface area contributed by atoms with Gasteiger partial charge in [-0.05, 0) is 49.8 Å². The zero-order valence-corrected chi connectivity index (χ0v) is 18.1. The van der Waals surface area contributed by atoms with Gasteiger partial charge in [0.05, 0.1) is 18.6 Å². The van der Waals surface area contributed by atoms with E-state index in [1.165, 1.54) is 31.4 Å². The van der Waals surface area contributed by atoms with E-state index < -0.39 is 6.10 Å². The number of nitrogens with one attached hydrogen (secondary N) is 1. The molecule has 2 atom stereocenters. The van der Waals surface area contributed by atoms with Crippen molar-refractivity contribution in [3.05, 3.63) is 35.6 Å². The van der Waals surface area contributed by atoms with Gasteiger partial charge < -0.3 is 15.3 Å². The van der Waals surface area contributed by atoms with Crippen LogP contribution in [0.2, 0.25) is 0 Å². The number of aliphatic hydroxyl groups is 1. The number of carbonyl (C=O) groups excluding carboxylic acids is 2. The summed E-state index contributed by atoms with van der Waals surface area (Å²) in [6.45, 7) is 1.82. The zero-order chi connectivity index (χ0) is 21.8. The predicted octanol–water partition coefficient (Wildman–Crippen LogP) is 2.24. The molecule has 7 heteroatoms. The number of carbonyl (C=O) groups is 2. The van der Waals surface area contributed by atoms with Gasteiger partial charge in [-0.15, -0.1) is 0 Å². The molecule has 170 valence electrons. The van der Waals surface area contributed by atoms with Crippen molar-refractivity contribution >= 4 is 11.8 Å². The largest absolute Gasteiger partial charge is 0.392 e. The average molecular weight is 432 g/mol. The summed E-state index contributed by atoms with van der Waals surface area (Å²) in [7, 11) is 0. The molecule has 2 aliphatic heterocycles. The zero-order valence-electron chi connectivity index (χ0n) is 18.1. The van der Waals surface area contributed by atoms with E-state index in [2.05, 4.69) is 10.2 Å². The molecule has 2 saturated heterocycles. The summed E-state index contributed by atoms with van der Waals surface area (Å²) in [4.78, 5) is 29.6. The van der Waals surface area contributed by atoms with E-state index >= 15 is 0 Å². The second-order valence-electron chi connectivity index (χ2n) is 9.36. The predicted molar refractivity (Wildman–Crippen MR) is 116 cm³/mol. The average Bonchev–Trinajstić information content (AvgIpc) is 3.18. The minimum absolute atomic E-state index is 0.0538. The van der Waals surface area contributed by atoms with Crippen LogP contribution < -0.4 is 5.32 Å². The van der Waals surface area contributed by atoms with Crippen LogP contribution in [0.15, 0.2) is 24.3 Å². The summed E-state index contributed by atoms with van der Waals surface area (Å²) in [6, 6.07) is 6.27. The first-order chi connectivity index (χ1) is 15.0. The van der Waals surface area contributed by atoms with Gasteiger partial charge in [0.2, 0.25) is 11.8 Å². The van der Waals surface area contributed by atoms with Crippen molar-refractivity contribution < 1.29 is 19.1 Å². The fourth-order valence-corrected chi connectivity index (χ4v) is 5.38. The fourth-order valence-electron chi connectivity index (χ4n) is 5.38. The lowest BCUT2D eigenvalue weighted by Crippen LogP contribution is -2.53. The maximum absolute atomic E-state index is 13.1. The highest BCUT2D eigenvalue weighted by atomic mass is 19.1. The SMILES string of the molecule is O=C(NC1CCCCC1)[C@@H]1C[C@@H](O)CN1C1CCN(C(=O)Cc2ccc(F)cc2)CC1. The van der Waals surface area contributed by atoms with E-state index in [-0.39, 0.29) is 42.2 Å². The van der Waals surface area contributed by atoms with Crippen LogP contribution in [-0.4, -0.2) is 70.6 Å². The summed E-state index contributed by atoms with van der Waals surface area (Å²) in [5.41, 5.74) is 0.815. The fraction of sp³-hybridized carbons (Fsp3) is 0.667. The molecular formula is C24H34FN3O3. The van der Waals surface area contributed by atoms with Crippen LogP contribution in [0, 0.1) is 5.82 Å². The first-order valence-corrected chi connectivity index (χ1v) is 11.8. The van der Waals surface area contributed by atoms with Crippen molar-refractivity contribution in [2.45, 2.75) is 82.0 Å². The topological polar surface area (TPSA) is 72.9 Å². The summed E-state index contributed by atoms with van der Waals surface area (Å²) in [6.07, 6.45) is 7.59. The molecule has 2 amide bonds. The molecular weight excluding hydrogens is 397 g/mol. The minimum Gasteiger partial charge on any atom is -0.392 e. The first-order valence-electron chi connectivity index (χ1n) is 11.8. The van der Waals surface area contributed by atoms with Gasteiger partial charge in [0.25, 0.3) is 0 Å². The Morgan fingerprint density at radius 1 is 1.03 bits per heavy atom. The first kappa shape index (κ1) is 22.2. The van der Waals surface area contributed by atoms with Gasteiger partial charge >= 0.3 is 0 Å². The molecule has 1 aromatic rings. The number of hydrogen-bond acceptors (Lipinski definition) is 4. The van der Waals surface area contributed by atoms with E-state index in [9.17, 15) is 19.1 Å². The quantitative estimate of drug-likeness (QED) is 0.750. The molecule has 0 aromatic heterocycles. The van der Waals surface area contributed by atoms with Gasteiger partial charge in [-0.25, -0.2) is 4.39 Å². The standard InChI is InChI=1S/C24H34FN3O3/c25-18-8-6-17(7-9-18)14-23(30)27-12-10-20(11-13-27)28-16-21(29)15-22(28)24(31)26-19-4-2-1-3-5-19/h6-9,19-22,29H,1-5,10-16H2,(H,26,31)/t21-,22+/m1/s1. The van der Waals surface area contributed by atoms with E-state index in [0.29, 0.717) is 26.1 Å². The van der Waals surface area contributed by atoms with Crippen molar-refractivity contribution in [2.24, 2.45) is 0 Å². The van der Waals surface area contributed by atoms with Gasteiger partial charge in [0.1, 0.15) is 5.82 Å². The molecule has 2 N–H and O–H groups in total. The van der Waals surface area contributed by atoms with Crippen LogP contribution >= 0.6 is 0 Å². The molecule has 1 saturated carbocycles. The van der Waals surface area contributed by atoms with Gasteiger partial charge in [-0.3, -0.25) is 14.5 Å². The summed E-state index contributed by atoms with van der Waals surface area (Å²) in [5.74, 6) is -0.191. The molecule has 1 aromatic carbocycles. The van der Waals surface area contributed by atoms with E-state index in [4.69, 9.17) is 0 Å². The number of amides is 2. The Balaban J connectivity index is 1.29. The lowest BCUT2D eigenvalue weighted by atomic mass is 9.95. The Hall–Kier alpha value is -1.99. The Morgan fingerprint density at radius 3 is 2.39 bits per heavy atom. The molecule has 2 heterocycles. The van der Waals surface area contributed by atoms with Gasteiger partial charge in [-0.1, -0.05) is 31.4 Å². The number of halogens is 1. The summed E-state index contributed by atoms with van der Waals surface area (Å²) < 4.78 is 13.1. The van der Waals surface area contributed by atoms with Gasteiger partial charge in [-0.2, -0.15) is 0 Å². The maximum atomic E-state index is 13.1. The van der Waals surface area contributed by atoms with Crippen molar-refractivity contribution in [1.82, 2.24) is 15.1 Å². The third-order valence-corrected chi connectivity index (χ3v) is 7.13. The van der Waals surface area contributed by atoms with Crippen molar-refractivity contribution in [3.63, 3.8) is 0 Å². The highest BCUT2D eigenvalue weighted by molar-refractivity contribution is 5.82. The smallest absolute Gasteiger partial charge is 0.237 e. The molecule has 31 heavy (non-hydrogen) atoms. The monoisotopic (exact) mass is 431 g/mol. The number of aliphatic hydroxyl groups excluding tert-OH is 1. The van der Waals surface area contributed by atoms with Crippen LogP contribution in [-0.2, 0) is 16.0 Å². The van der Waals surface area contributed by atoms with Crippen LogP contribution in [0.25, 0.3) is 0 Å². The second kappa shape index (κ2) is 10.1. The number of nitrogens with zero attached hydrogens (tertiary/aromatic N) is 2. The maximum Gasteiger partial charge on any atom is 0.237 e. The lowest BCUT2D eigenvalue weighted by Gasteiger charge is -2.39. The Morgan fingerprint density at radius 2 is 1.71 bits per heavy atom. The number of rotatable bonds is 5. The molecule has 1 aliphatic carbocycles. The number of likely N-dealkylation sites (tertiary alicyclic amines) is 2. The van der Waals surface area contributed by atoms with E-state index in [1.54, 1.807) is 12.1 Å². The highest BCUT2D eigenvalue weighted by Crippen LogP contribution is 2.27. The molecule has 0 radical (unpaired) electrons. The van der Waals surface area contributed by atoms with E-state index in [1.807, 2.05) is 4.90 Å².